The van der Waals surface area contributed by atoms with Gasteiger partial charge in [0.05, 0.1) is 0 Å². The fourth-order valence-electron chi connectivity index (χ4n) is 2.27. The smallest absolute Gasteiger partial charge is 0.351 e. The Hall–Kier alpha value is -1.20. The van der Waals surface area contributed by atoms with Gasteiger partial charge in [-0.1, -0.05) is 25.1 Å². The number of H-pyrrole nitrogens is 1. The second-order valence-electron chi connectivity index (χ2n) is 4.21. The largest absolute Gasteiger partial charge is 0.431 e. The molecular weight excluding hydrogens is 277 g/mol. The summed E-state index contributed by atoms with van der Waals surface area (Å²) in [6, 6.07) is 5.34. The minimum absolute atomic E-state index is 0. The highest BCUT2D eigenvalue weighted by Crippen LogP contribution is 2.36. The van der Waals surface area contributed by atoms with Gasteiger partial charge in [-0.25, -0.2) is 0 Å². The van der Waals surface area contributed by atoms with Gasteiger partial charge in [0, 0.05) is 10.9 Å². The number of fused-ring (bicyclic) bond motifs is 1. The van der Waals surface area contributed by atoms with Gasteiger partial charge in [0.1, 0.15) is 5.69 Å². The molecule has 0 saturated heterocycles. The Morgan fingerprint density at radius 2 is 1.95 bits per heavy atom. The van der Waals surface area contributed by atoms with Crippen molar-refractivity contribution in [3.05, 3.63) is 35.0 Å². The van der Waals surface area contributed by atoms with Gasteiger partial charge in [-0.05, 0) is 30.5 Å². The van der Waals surface area contributed by atoms with Gasteiger partial charge in [0.15, 0.2) is 0 Å². The summed E-state index contributed by atoms with van der Waals surface area (Å²) < 4.78 is 38.9. The number of para-hydroxylation sites is 1. The Kier molecular flexibility index (Phi) is 4.87. The number of aryl methyl sites for hydroxylation is 1. The number of halogens is 4. The lowest BCUT2D eigenvalue weighted by atomic mass is 10.0. The lowest BCUT2D eigenvalue weighted by Crippen LogP contribution is -2.11. The number of hydrogen-bond donors (Lipinski definition) is 2. The SMILES string of the molecule is CCc1cccc2c(CCN)c(C(F)(F)F)[nH]c12.Cl. The van der Waals surface area contributed by atoms with E-state index in [1.807, 2.05) is 13.0 Å². The molecule has 0 amide bonds. The van der Waals surface area contributed by atoms with Gasteiger partial charge in [0.2, 0.25) is 0 Å². The summed E-state index contributed by atoms with van der Waals surface area (Å²) in [5, 5.41) is 0.632. The summed E-state index contributed by atoms with van der Waals surface area (Å²) in [5.41, 5.74) is 6.49. The van der Waals surface area contributed by atoms with E-state index in [-0.39, 0.29) is 30.9 Å². The molecule has 0 radical (unpaired) electrons. The molecule has 0 saturated carbocycles. The minimum atomic E-state index is -4.37. The number of aromatic nitrogens is 1. The zero-order chi connectivity index (χ0) is 13.3. The third-order valence-corrected chi connectivity index (χ3v) is 3.09. The Balaban J connectivity index is 0.00000180. The predicted molar refractivity (Wildman–Crippen MR) is 72.7 cm³/mol. The molecule has 0 spiro atoms. The van der Waals surface area contributed by atoms with Crippen molar-refractivity contribution in [2.45, 2.75) is 25.9 Å². The molecule has 2 aromatic rings. The van der Waals surface area contributed by atoms with Gasteiger partial charge in [-0.2, -0.15) is 13.2 Å². The van der Waals surface area contributed by atoms with Gasteiger partial charge in [-0.3, -0.25) is 0 Å². The number of aromatic amines is 1. The molecule has 0 unspecified atom stereocenters. The van der Waals surface area contributed by atoms with E-state index in [9.17, 15) is 13.2 Å². The first-order valence-corrected chi connectivity index (χ1v) is 5.88. The van der Waals surface area contributed by atoms with Crippen molar-refractivity contribution in [1.82, 2.24) is 4.98 Å². The van der Waals surface area contributed by atoms with Crippen molar-refractivity contribution in [3.63, 3.8) is 0 Å². The Morgan fingerprint density at radius 3 is 2.47 bits per heavy atom. The first-order valence-electron chi connectivity index (χ1n) is 5.88. The highest BCUT2D eigenvalue weighted by molar-refractivity contribution is 5.87. The number of alkyl halides is 3. The third-order valence-electron chi connectivity index (χ3n) is 3.09. The van der Waals surface area contributed by atoms with Crippen molar-refractivity contribution in [3.8, 4) is 0 Å². The zero-order valence-electron chi connectivity index (χ0n) is 10.5. The van der Waals surface area contributed by atoms with Crippen molar-refractivity contribution in [2.24, 2.45) is 5.73 Å². The number of benzene rings is 1. The van der Waals surface area contributed by atoms with Crippen molar-refractivity contribution in [1.29, 1.82) is 0 Å². The van der Waals surface area contributed by atoms with E-state index in [2.05, 4.69) is 4.98 Å². The monoisotopic (exact) mass is 292 g/mol. The molecule has 0 fully saturated rings. The van der Waals surface area contributed by atoms with Crippen LogP contribution in [0.5, 0.6) is 0 Å². The molecule has 1 heterocycles. The summed E-state index contributed by atoms with van der Waals surface area (Å²) in [7, 11) is 0. The first-order chi connectivity index (χ1) is 8.49. The van der Waals surface area contributed by atoms with Gasteiger partial charge in [0.25, 0.3) is 0 Å². The van der Waals surface area contributed by atoms with Crippen LogP contribution >= 0.6 is 12.4 Å². The van der Waals surface area contributed by atoms with Crippen LogP contribution in [0.2, 0.25) is 0 Å². The molecule has 3 N–H and O–H groups in total. The van der Waals surface area contributed by atoms with E-state index in [1.165, 1.54) is 0 Å². The molecule has 1 aromatic heterocycles. The van der Waals surface area contributed by atoms with E-state index in [0.717, 1.165) is 5.56 Å². The second-order valence-corrected chi connectivity index (χ2v) is 4.21. The average molecular weight is 293 g/mol. The van der Waals surface area contributed by atoms with Gasteiger partial charge < -0.3 is 10.7 Å². The van der Waals surface area contributed by atoms with Crippen LogP contribution in [0.3, 0.4) is 0 Å². The number of rotatable bonds is 3. The summed E-state index contributed by atoms with van der Waals surface area (Å²) in [4.78, 5) is 2.53. The maximum absolute atomic E-state index is 13.0. The fourth-order valence-corrected chi connectivity index (χ4v) is 2.27. The molecule has 0 bridgehead atoms. The maximum atomic E-state index is 13.0. The molecule has 106 valence electrons. The lowest BCUT2D eigenvalue weighted by Gasteiger charge is -2.07. The van der Waals surface area contributed by atoms with Crippen molar-refractivity contribution in [2.75, 3.05) is 6.54 Å². The third kappa shape index (κ3) is 2.87. The first kappa shape index (κ1) is 15.9. The van der Waals surface area contributed by atoms with Crippen molar-refractivity contribution < 1.29 is 13.2 Å². The predicted octanol–water partition coefficient (Wildman–Crippen LogP) is 3.67. The van der Waals surface area contributed by atoms with Crippen LogP contribution < -0.4 is 5.73 Å². The molecule has 19 heavy (non-hydrogen) atoms. The zero-order valence-corrected chi connectivity index (χ0v) is 11.3. The summed E-state index contributed by atoms with van der Waals surface area (Å²) in [5.74, 6) is 0. The van der Waals surface area contributed by atoms with Crippen LogP contribution in [0.15, 0.2) is 18.2 Å². The molecule has 2 rings (SSSR count). The van der Waals surface area contributed by atoms with Gasteiger partial charge in [-0.15, -0.1) is 12.4 Å². The van der Waals surface area contributed by atoms with E-state index in [0.29, 0.717) is 17.3 Å². The van der Waals surface area contributed by atoms with Crippen molar-refractivity contribution >= 4 is 23.3 Å². The molecule has 0 aliphatic carbocycles. The normalized spacial score (nSPS) is 11.6. The van der Waals surface area contributed by atoms with E-state index in [1.54, 1.807) is 12.1 Å². The molecule has 0 aliphatic rings. The molecule has 1 aromatic carbocycles. The highest BCUT2D eigenvalue weighted by atomic mass is 35.5. The van der Waals surface area contributed by atoms with E-state index in [4.69, 9.17) is 5.73 Å². The number of hydrogen-bond acceptors (Lipinski definition) is 1. The fraction of sp³-hybridized carbons (Fsp3) is 0.385. The van der Waals surface area contributed by atoms with Gasteiger partial charge >= 0.3 is 6.18 Å². The molecule has 2 nitrogen and oxygen atoms in total. The molecule has 6 heteroatoms. The number of nitrogens with two attached hydrogens (primary N) is 1. The van der Waals surface area contributed by atoms with E-state index >= 15 is 0 Å². The van der Waals surface area contributed by atoms with Crippen LogP contribution in [0.1, 0.15) is 23.7 Å². The van der Waals surface area contributed by atoms with Crippen LogP contribution in [-0.2, 0) is 19.0 Å². The van der Waals surface area contributed by atoms with Crippen LogP contribution in [-0.4, -0.2) is 11.5 Å². The molecular formula is C13H16ClF3N2. The summed E-state index contributed by atoms with van der Waals surface area (Å²) >= 11 is 0. The lowest BCUT2D eigenvalue weighted by molar-refractivity contribution is -0.141. The Bertz CT molecular complexity index is 561. The topological polar surface area (TPSA) is 41.8 Å². The summed E-state index contributed by atoms with van der Waals surface area (Å²) in [6.45, 7) is 2.12. The highest BCUT2D eigenvalue weighted by Gasteiger charge is 2.36. The average Bonchev–Trinajstić information content (AvgIpc) is 2.68. The molecule has 0 atom stereocenters. The Labute approximate surface area is 115 Å². The van der Waals surface area contributed by atoms with Crippen LogP contribution in [0.25, 0.3) is 10.9 Å². The standard InChI is InChI=1S/C13H15F3N2.ClH/c1-2-8-4-3-5-9-10(6-7-17)12(13(14,15)16)18-11(8)9;/h3-5,18H,2,6-7,17H2,1H3;1H. The van der Waals surface area contributed by atoms with E-state index < -0.39 is 11.9 Å². The molecule has 0 aliphatic heterocycles. The van der Waals surface area contributed by atoms with Crippen LogP contribution in [0.4, 0.5) is 13.2 Å². The Morgan fingerprint density at radius 1 is 1.26 bits per heavy atom. The maximum Gasteiger partial charge on any atom is 0.431 e. The minimum Gasteiger partial charge on any atom is -0.351 e. The quantitative estimate of drug-likeness (QED) is 0.890. The second kappa shape index (κ2) is 5.84. The summed E-state index contributed by atoms with van der Waals surface area (Å²) in [6.07, 6.45) is -3.45. The number of nitrogens with one attached hydrogen (secondary N) is 1. The van der Waals surface area contributed by atoms with Crippen LogP contribution in [0, 0.1) is 0 Å².